The highest BCUT2D eigenvalue weighted by Gasteiger charge is 2.13. The molecule has 0 aliphatic heterocycles. The summed E-state index contributed by atoms with van der Waals surface area (Å²) in [5, 5.41) is 7.77. The molecule has 2 heterocycles. The number of hydrogen-bond acceptors (Lipinski definition) is 4. The lowest BCUT2D eigenvalue weighted by molar-refractivity contribution is 0.621. The van der Waals surface area contributed by atoms with E-state index in [1.54, 1.807) is 10.9 Å². The number of hydrogen-bond donors (Lipinski definition) is 2. The summed E-state index contributed by atoms with van der Waals surface area (Å²) in [6.45, 7) is 5.96. The molecule has 0 atom stereocenters. The average Bonchev–Trinajstić information content (AvgIpc) is 2.62. The van der Waals surface area contributed by atoms with Crippen LogP contribution in [0.2, 0.25) is 0 Å². The molecule has 18 heavy (non-hydrogen) atoms. The van der Waals surface area contributed by atoms with Crippen molar-refractivity contribution in [2.45, 2.75) is 33.2 Å². The van der Waals surface area contributed by atoms with Crippen molar-refractivity contribution in [3.8, 4) is 0 Å². The average molecular weight is 249 g/mol. The molecule has 2 aromatic heterocycles. The highest BCUT2D eigenvalue weighted by Crippen LogP contribution is 2.12. The summed E-state index contributed by atoms with van der Waals surface area (Å²) in [4.78, 5) is 28.0. The summed E-state index contributed by atoms with van der Waals surface area (Å²) in [5.41, 5.74) is 1.08. The smallest absolute Gasteiger partial charge is 0.309 e. The van der Waals surface area contributed by atoms with Crippen LogP contribution in [0.3, 0.4) is 0 Å². The van der Waals surface area contributed by atoms with Crippen LogP contribution in [0.5, 0.6) is 0 Å². The fourth-order valence-corrected chi connectivity index (χ4v) is 1.91. The Kier molecular flexibility index (Phi) is 3.14. The second kappa shape index (κ2) is 4.59. The van der Waals surface area contributed by atoms with Crippen LogP contribution in [0.1, 0.15) is 36.7 Å². The molecular weight excluding hydrogens is 234 g/mol. The second-order valence-corrected chi connectivity index (χ2v) is 4.51. The van der Waals surface area contributed by atoms with Crippen molar-refractivity contribution in [3.05, 3.63) is 44.0 Å². The number of aromatic amines is 2. The summed E-state index contributed by atoms with van der Waals surface area (Å²) in [6.07, 6.45) is 1.75. The third-order valence-electron chi connectivity index (χ3n) is 2.61. The molecule has 96 valence electrons. The molecular formula is C11H15N5O2. The van der Waals surface area contributed by atoms with E-state index in [1.165, 1.54) is 0 Å². The molecule has 2 N–H and O–H groups in total. The Morgan fingerprint density at radius 3 is 2.61 bits per heavy atom. The summed E-state index contributed by atoms with van der Waals surface area (Å²) >= 11 is 0. The zero-order valence-electron chi connectivity index (χ0n) is 10.5. The van der Waals surface area contributed by atoms with Gasteiger partial charge in [0.25, 0.3) is 5.56 Å². The zero-order valence-corrected chi connectivity index (χ0v) is 10.5. The van der Waals surface area contributed by atoms with E-state index < -0.39 is 5.69 Å². The lowest BCUT2D eigenvalue weighted by Crippen LogP contribution is -2.29. The molecule has 0 amide bonds. The predicted molar refractivity (Wildman–Crippen MR) is 65.6 cm³/mol. The van der Waals surface area contributed by atoms with Crippen LogP contribution in [0.25, 0.3) is 0 Å². The Balaban J connectivity index is 2.49. The number of nitrogens with zero attached hydrogens (tertiary/aromatic N) is 3. The van der Waals surface area contributed by atoms with E-state index in [0.29, 0.717) is 17.8 Å². The lowest BCUT2D eigenvalue weighted by atomic mass is 10.0. The van der Waals surface area contributed by atoms with Gasteiger partial charge in [-0.2, -0.15) is 0 Å². The SMILES string of the molecule is Cc1cn(Cc2[nH]c(=O)[nH]c(=O)c2C(C)C)nn1. The van der Waals surface area contributed by atoms with Gasteiger partial charge in [0.1, 0.15) is 0 Å². The van der Waals surface area contributed by atoms with Crippen molar-refractivity contribution < 1.29 is 0 Å². The van der Waals surface area contributed by atoms with Crippen molar-refractivity contribution >= 4 is 0 Å². The summed E-state index contributed by atoms with van der Waals surface area (Å²) in [7, 11) is 0. The first-order valence-electron chi connectivity index (χ1n) is 5.69. The van der Waals surface area contributed by atoms with Crippen LogP contribution in [-0.4, -0.2) is 25.0 Å². The number of rotatable bonds is 3. The van der Waals surface area contributed by atoms with E-state index in [1.807, 2.05) is 20.8 Å². The van der Waals surface area contributed by atoms with Gasteiger partial charge in [-0.3, -0.25) is 9.78 Å². The summed E-state index contributed by atoms with van der Waals surface area (Å²) < 4.78 is 1.59. The molecule has 0 bridgehead atoms. The van der Waals surface area contributed by atoms with Crippen LogP contribution >= 0.6 is 0 Å². The Morgan fingerprint density at radius 1 is 1.33 bits per heavy atom. The molecule has 0 saturated heterocycles. The minimum absolute atomic E-state index is 0.0187. The van der Waals surface area contributed by atoms with E-state index >= 15 is 0 Å². The van der Waals surface area contributed by atoms with Gasteiger partial charge in [0, 0.05) is 11.8 Å². The van der Waals surface area contributed by atoms with Crippen LogP contribution in [-0.2, 0) is 6.54 Å². The first kappa shape index (κ1) is 12.3. The maximum absolute atomic E-state index is 11.8. The van der Waals surface area contributed by atoms with Gasteiger partial charge in [-0.05, 0) is 12.8 Å². The predicted octanol–water partition coefficient (Wildman–Crippen LogP) is 0.135. The van der Waals surface area contributed by atoms with Crippen LogP contribution in [0.15, 0.2) is 15.8 Å². The first-order chi connectivity index (χ1) is 8.47. The van der Waals surface area contributed by atoms with Crippen molar-refractivity contribution in [2.24, 2.45) is 0 Å². The molecule has 0 radical (unpaired) electrons. The van der Waals surface area contributed by atoms with Gasteiger partial charge in [-0.1, -0.05) is 19.1 Å². The van der Waals surface area contributed by atoms with Gasteiger partial charge >= 0.3 is 5.69 Å². The van der Waals surface area contributed by atoms with Gasteiger partial charge in [-0.15, -0.1) is 5.10 Å². The molecule has 0 saturated carbocycles. The van der Waals surface area contributed by atoms with Gasteiger partial charge in [0.2, 0.25) is 0 Å². The largest absolute Gasteiger partial charge is 0.325 e. The maximum Gasteiger partial charge on any atom is 0.325 e. The van der Waals surface area contributed by atoms with E-state index in [9.17, 15) is 9.59 Å². The molecule has 2 aromatic rings. The molecule has 7 nitrogen and oxygen atoms in total. The van der Waals surface area contributed by atoms with E-state index in [2.05, 4.69) is 20.3 Å². The van der Waals surface area contributed by atoms with Crippen LogP contribution < -0.4 is 11.2 Å². The topological polar surface area (TPSA) is 96.4 Å². The monoisotopic (exact) mass is 249 g/mol. The zero-order chi connectivity index (χ0) is 13.3. The van der Waals surface area contributed by atoms with Crippen molar-refractivity contribution in [1.82, 2.24) is 25.0 Å². The van der Waals surface area contributed by atoms with Gasteiger partial charge in [0.15, 0.2) is 0 Å². The number of aryl methyl sites for hydroxylation is 1. The lowest BCUT2D eigenvalue weighted by Gasteiger charge is -2.10. The highest BCUT2D eigenvalue weighted by molar-refractivity contribution is 5.20. The maximum atomic E-state index is 11.8. The number of nitrogens with one attached hydrogen (secondary N) is 2. The highest BCUT2D eigenvalue weighted by atomic mass is 16.2. The molecule has 0 spiro atoms. The fourth-order valence-electron chi connectivity index (χ4n) is 1.91. The molecule has 0 aliphatic rings. The van der Waals surface area contributed by atoms with Gasteiger partial charge in [-0.25, -0.2) is 9.48 Å². The van der Waals surface area contributed by atoms with E-state index in [0.717, 1.165) is 5.69 Å². The first-order valence-corrected chi connectivity index (χ1v) is 5.69. The minimum atomic E-state index is -0.503. The van der Waals surface area contributed by atoms with Crippen molar-refractivity contribution in [2.75, 3.05) is 0 Å². The van der Waals surface area contributed by atoms with Crippen molar-refractivity contribution in [1.29, 1.82) is 0 Å². The van der Waals surface area contributed by atoms with Crippen molar-refractivity contribution in [3.63, 3.8) is 0 Å². The van der Waals surface area contributed by atoms with E-state index in [4.69, 9.17) is 0 Å². The summed E-state index contributed by atoms with van der Waals surface area (Å²) in [6, 6.07) is 0. The van der Waals surface area contributed by atoms with Gasteiger partial charge < -0.3 is 4.98 Å². The molecule has 2 rings (SSSR count). The molecule has 0 aliphatic carbocycles. The Hall–Kier alpha value is -2.18. The second-order valence-electron chi connectivity index (χ2n) is 4.51. The quantitative estimate of drug-likeness (QED) is 0.808. The Labute approximate surface area is 103 Å². The molecule has 7 heteroatoms. The molecule has 0 fully saturated rings. The Morgan fingerprint density at radius 2 is 2.06 bits per heavy atom. The number of H-pyrrole nitrogens is 2. The minimum Gasteiger partial charge on any atom is -0.309 e. The van der Waals surface area contributed by atoms with Crippen LogP contribution in [0, 0.1) is 6.92 Å². The Bertz CT molecular complexity index is 665. The van der Waals surface area contributed by atoms with Crippen LogP contribution in [0.4, 0.5) is 0 Å². The van der Waals surface area contributed by atoms with Gasteiger partial charge in [0.05, 0.1) is 17.9 Å². The fraction of sp³-hybridized carbons (Fsp3) is 0.455. The molecule has 0 unspecified atom stereocenters. The number of aromatic nitrogens is 5. The third kappa shape index (κ3) is 2.39. The van der Waals surface area contributed by atoms with E-state index in [-0.39, 0.29) is 11.5 Å². The normalized spacial score (nSPS) is 11.1. The standard InChI is InChI=1S/C11H15N5O2/c1-6(2)9-8(12-11(18)13-10(9)17)5-16-4-7(3)14-15-16/h4,6H,5H2,1-3H3,(H2,12,13,17,18). The third-order valence-corrected chi connectivity index (χ3v) is 2.61. The molecule has 0 aromatic carbocycles. The summed E-state index contributed by atoms with van der Waals surface area (Å²) in [5.74, 6) is 0.0187.